The quantitative estimate of drug-likeness (QED) is 0.768. The molecular weight excluding hydrogens is 222 g/mol. The van der Waals surface area contributed by atoms with Crippen LogP contribution in [0.25, 0.3) is 0 Å². The van der Waals surface area contributed by atoms with Crippen LogP contribution in [0.1, 0.15) is 16.7 Å². The predicted octanol–water partition coefficient (Wildman–Crippen LogP) is 1.30. The average molecular weight is 247 g/mol. The molecular formula is C15H25N3. The molecule has 3 heteroatoms. The summed E-state index contributed by atoms with van der Waals surface area (Å²) in [6, 6.07) is 6.69. The monoisotopic (exact) mass is 247 g/mol. The molecule has 0 aromatic heterocycles. The second-order valence-electron chi connectivity index (χ2n) is 5.20. The van der Waals surface area contributed by atoms with Gasteiger partial charge in [-0.25, -0.2) is 0 Å². The Balaban J connectivity index is 1.68. The molecule has 0 aliphatic carbocycles. The van der Waals surface area contributed by atoms with Gasteiger partial charge in [0.15, 0.2) is 0 Å². The smallest absolute Gasteiger partial charge is 0.0208 e. The van der Waals surface area contributed by atoms with Crippen LogP contribution in [0.4, 0.5) is 0 Å². The lowest BCUT2D eigenvalue weighted by molar-refractivity contribution is 0.241. The van der Waals surface area contributed by atoms with E-state index in [1.807, 2.05) is 0 Å². The van der Waals surface area contributed by atoms with Gasteiger partial charge in [-0.05, 0) is 25.0 Å². The molecule has 0 amide bonds. The zero-order chi connectivity index (χ0) is 12.8. The van der Waals surface area contributed by atoms with Gasteiger partial charge in [-0.2, -0.15) is 0 Å². The minimum Gasteiger partial charge on any atom is -0.314 e. The zero-order valence-corrected chi connectivity index (χ0v) is 11.6. The van der Waals surface area contributed by atoms with Gasteiger partial charge in [0.1, 0.15) is 0 Å². The Bertz CT molecular complexity index is 370. The number of rotatable bonds is 5. The number of aryl methyl sites for hydroxylation is 2. The van der Waals surface area contributed by atoms with E-state index in [1.165, 1.54) is 29.8 Å². The molecule has 2 N–H and O–H groups in total. The summed E-state index contributed by atoms with van der Waals surface area (Å²) in [6.07, 6.45) is 0. The highest BCUT2D eigenvalue weighted by molar-refractivity contribution is 5.30. The second-order valence-corrected chi connectivity index (χ2v) is 5.20. The molecule has 1 aliphatic heterocycles. The Kier molecular flexibility index (Phi) is 5.17. The fraction of sp³-hybridized carbons (Fsp3) is 0.600. The van der Waals surface area contributed by atoms with Gasteiger partial charge < -0.3 is 10.6 Å². The predicted molar refractivity (Wildman–Crippen MR) is 76.9 cm³/mol. The van der Waals surface area contributed by atoms with Crippen molar-refractivity contribution in [1.29, 1.82) is 0 Å². The summed E-state index contributed by atoms with van der Waals surface area (Å²) in [5.41, 5.74) is 4.16. The van der Waals surface area contributed by atoms with Crippen LogP contribution in [-0.2, 0) is 6.54 Å². The van der Waals surface area contributed by atoms with E-state index in [1.54, 1.807) is 0 Å². The van der Waals surface area contributed by atoms with Crippen LogP contribution in [0, 0.1) is 13.8 Å². The van der Waals surface area contributed by atoms with E-state index in [-0.39, 0.29) is 0 Å². The van der Waals surface area contributed by atoms with Crippen LogP contribution < -0.4 is 10.6 Å². The van der Waals surface area contributed by atoms with Gasteiger partial charge in [0, 0.05) is 45.8 Å². The van der Waals surface area contributed by atoms with Crippen LogP contribution >= 0.6 is 0 Å². The lowest BCUT2D eigenvalue weighted by Gasteiger charge is -2.27. The van der Waals surface area contributed by atoms with Crippen molar-refractivity contribution in [1.82, 2.24) is 15.5 Å². The standard InChI is InChI=1S/C15H25N3/c1-13-3-4-15(14(2)11-13)12-17-7-10-18-8-5-16-6-9-18/h3-4,11,16-17H,5-10,12H2,1-2H3. The number of piperazine rings is 1. The number of hydrogen-bond donors (Lipinski definition) is 2. The maximum Gasteiger partial charge on any atom is 0.0208 e. The molecule has 18 heavy (non-hydrogen) atoms. The third-order valence-corrected chi connectivity index (χ3v) is 3.63. The van der Waals surface area contributed by atoms with E-state index >= 15 is 0 Å². The molecule has 1 aliphatic rings. The highest BCUT2D eigenvalue weighted by atomic mass is 15.2. The Morgan fingerprint density at radius 3 is 2.72 bits per heavy atom. The van der Waals surface area contributed by atoms with Crippen molar-refractivity contribution < 1.29 is 0 Å². The first kappa shape index (κ1) is 13.5. The minimum absolute atomic E-state index is 0.984. The summed E-state index contributed by atoms with van der Waals surface area (Å²) in [5, 5.41) is 6.93. The SMILES string of the molecule is Cc1ccc(CNCCN2CCNCC2)c(C)c1. The van der Waals surface area contributed by atoms with Crippen molar-refractivity contribution in [2.45, 2.75) is 20.4 Å². The van der Waals surface area contributed by atoms with E-state index in [0.29, 0.717) is 0 Å². The Hall–Kier alpha value is -0.900. The highest BCUT2D eigenvalue weighted by Crippen LogP contribution is 2.09. The molecule has 1 aromatic rings. The number of hydrogen-bond acceptors (Lipinski definition) is 3. The summed E-state index contributed by atoms with van der Waals surface area (Å²) in [5.74, 6) is 0. The molecule has 0 spiro atoms. The van der Waals surface area contributed by atoms with Crippen molar-refractivity contribution >= 4 is 0 Å². The summed E-state index contributed by atoms with van der Waals surface area (Å²) in [7, 11) is 0. The van der Waals surface area contributed by atoms with Crippen LogP contribution in [0.15, 0.2) is 18.2 Å². The van der Waals surface area contributed by atoms with Crippen molar-refractivity contribution in [3.63, 3.8) is 0 Å². The Morgan fingerprint density at radius 1 is 1.22 bits per heavy atom. The minimum atomic E-state index is 0.984. The van der Waals surface area contributed by atoms with E-state index in [2.05, 4.69) is 47.6 Å². The molecule has 100 valence electrons. The van der Waals surface area contributed by atoms with Gasteiger partial charge >= 0.3 is 0 Å². The van der Waals surface area contributed by atoms with Gasteiger partial charge in [0.25, 0.3) is 0 Å². The van der Waals surface area contributed by atoms with Crippen LogP contribution in [0.5, 0.6) is 0 Å². The number of nitrogens with zero attached hydrogens (tertiary/aromatic N) is 1. The third-order valence-electron chi connectivity index (χ3n) is 3.63. The lowest BCUT2D eigenvalue weighted by Crippen LogP contribution is -2.45. The van der Waals surface area contributed by atoms with Gasteiger partial charge in [-0.3, -0.25) is 4.90 Å². The van der Waals surface area contributed by atoms with Crippen LogP contribution in [0.3, 0.4) is 0 Å². The maximum absolute atomic E-state index is 3.55. The molecule has 2 rings (SSSR count). The Labute approximate surface area is 111 Å². The van der Waals surface area contributed by atoms with Crippen LogP contribution in [-0.4, -0.2) is 44.2 Å². The van der Waals surface area contributed by atoms with Gasteiger partial charge in [-0.1, -0.05) is 23.8 Å². The highest BCUT2D eigenvalue weighted by Gasteiger charge is 2.08. The fourth-order valence-electron chi connectivity index (χ4n) is 2.44. The molecule has 0 atom stereocenters. The van der Waals surface area contributed by atoms with Gasteiger partial charge in [0.2, 0.25) is 0 Å². The van der Waals surface area contributed by atoms with E-state index in [0.717, 1.165) is 32.7 Å². The first-order valence-corrected chi connectivity index (χ1v) is 6.95. The average Bonchev–Trinajstić information content (AvgIpc) is 2.38. The second kappa shape index (κ2) is 6.88. The maximum atomic E-state index is 3.55. The topological polar surface area (TPSA) is 27.3 Å². The first-order valence-electron chi connectivity index (χ1n) is 6.95. The van der Waals surface area contributed by atoms with Crippen molar-refractivity contribution in [2.75, 3.05) is 39.3 Å². The summed E-state index contributed by atoms with van der Waals surface area (Å²) < 4.78 is 0. The fourth-order valence-corrected chi connectivity index (χ4v) is 2.44. The van der Waals surface area contributed by atoms with Gasteiger partial charge in [0.05, 0.1) is 0 Å². The van der Waals surface area contributed by atoms with Crippen molar-refractivity contribution in [2.24, 2.45) is 0 Å². The summed E-state index contributed by atoms with van der Waals surface area (Å²) in [6.45, 7) is 12.2. The normalized spacial score (nSPS) is 17.0. The molecule has 1 fully saturated rings. The molecule has 0 saturated carbocycles. The van der Waals surface area contributed by atoms with Crippen molar-refractivity contribution in [3.8, 4) is 0 Å². The van der Waals surface area contributed by atoms with Gasteiger partial charge in [-0.15, -0.1) is 0 Å². The molecule has 1 saturated heterocycles. The number of nitrogens with one attached hydrogen (secondary N) is 2. The molecule has 0 bridgehead atoms. The third kappa shape index (κ3) is 4.09. The van der Waals surface area contributed by atoms with Crippen molar-refractivity contribution in [3.05, 3.63) is 34.9 Å². The largest absolute Gasteiger partial charge is 0.314 e. The van der Waals surface area contributed by atoms with E-state index < -0.39 is 0 Å². The summed E-state index contributed by atoms with van der Waals surface area (Å²) in [4.78, 5) is 2.52. The number of benzene rings is 1. The zero-order valence-electron chi connectivity index (χ0n) is 11.6. The first-order chi connectivity index (χ1) is 8.75. The lowest BCUT2D eigenvalue weighted by atomic mass is 10.1. The Morgan fingerprint density at radius 2 is 2.00 bits per heavy atom. The van der Waals surface area contributed by atoms with E-state index in [9.17, 15) is 0 Å². The molecule has 0 unspecified atom stereocenters. The van der Waals surface area contributed by atoms with E-state index in [4.69, 9.17) is 0 Å². The summed E-state index contributed by atoms with van der Waals surface area (Å²) >= 11 is 0. The molecule has 3 nitrogen and oxygen atoms in total. The molecule has 1 aromatic carbocycles. The molecule has 0 radical (unpaired) electrons. The molecule has 1 heterocycles. The van der Waals surface area contributed by atoms with Crippen LogP contribution in [0.2, 0.25) is 0 Å².